The first-order valence-corrected chi connectivity index (χ1v) is 5.90. The minimum absolute atomic E-state index is 0.781. The molecule has 0 aromatic carbocycles. The van der Waals surface area contributed by atoms with Gasteiger partial charge in [0.05, 0.1) is 18.6 Å². The van der Waals surface area contributed by atoms with Crippen molar-refractivity contribution in [2.45, 2.75) is 13.8 Å². The molecule has 3 nitrogen and oxygen atoms in total. The molecule has 0 atom stereocenters. The van der Waals surface area contributed by atoms with Crippen molar-refractivity contribution in [3.63, 3.8) is 0 Å². The van der Waals surface area contributed by atoms with Gasteiger partial charge in [0.15, 0.2) is 0 Å². The summed E-state index contributed by atoms with van der Waals surface area (Å²) in [5.41, 5.74) is 0. The Balaban J connectivity index is 0.000000461. The highest BCUT2D eigenvalue weighted by Gasteiger charge is 2.17. The second-order valence-electron chi connectivity index (χ2n) is 2.10. The van der Waals surface area contributed by atoms with Crippen LogP contribution in [0.25, 0.3) is 0 Å². The first-order valence-electron chi connectivity index (χ1n) is 4.04. The molecule has 11 heavy (non-hydrogen) atoms. The maximum Gasteiger partial charge on any atom is 0.0604 e. The van der Waals surface area contributed by atoms with Gasteiger partial charge in [0.1, 0.15) is 0 Å². The monoisotopic (exact) mass is 181 g/mol. The molecule has 0 aromatic rings. The van der Waals surface area contributed by atoms with Gasteiger partial charge >= 0.3 is 0 Å². The van der Waals surface area contributed by atoms with Gasteiger partial charge in [-0.2, -0.15) is 10.6 Å². The Bertz CT molecular complexity index is 94.4. The minimum Gasteiger partial charge on any atom is -0.314 e. The molecule has 0 saturated carbocycles. The van der Waals surface area contributed by atoms with Crippen molar-refractivity contribution in [1.82, 2.24) is 5.32 Å². The van der Waals surface area contributed by atoms with Crippen molar-refractivity contribution < 1.29 is 8.74 Å². The molecular weight excluding hydrogens is 162 g/mol. The smallest absolute Gasteiger partial charge is 0.0604 e. The second kappa shape index (κ2) is 5.83. The van der Waals surface area contributed by atoms with Gasteiger partial charge in [-0.1, -0.05) is 13.8 Å². The van der Waals surface area contributed by atoms with E-state index in [-0.39, 0.29) is 0 Å². The van der Waals surface area contributed by atoms with E-state index in [4.69, 9.17) is 4.18 Å². The molecule has 70 valence electrons. The first kappa shape index (κ1) is 11.2. The molecule has 0 bridgehead atoms. The fraction of sp³-hybridized carbons (Fsp3) is 1.00. The third-order valence-corrected chi connectivity index (χ3v) is 3.81. The maximum atomic E-state index is 9.50. The molecule has 2 N–H and O–H groups in total. The lowest BCUT2D eigenvalue weighted by Crippen LogP contribution is -2.34. The topological polar surface area (TPSA) is 41.5 Å². The lowest BCUT2D eigenvalue weighted by atomic mass is 10.6. The molecule has 0 unspecified atom stereocenters. The summed E-state index contributed by atoms with van der Waals surface area (Å²) < 4.78 is 14.5. The van der Waals surface area contributed by atoms with E-state index in [2.05, 4.69) is 5.32 Å². The van der Waals surface area contributed by atoms with E-state index in [0.29, 0.717) is 0 Å². The van der Waals surface area contributed by atoms with E-state index in [1.165, 1.54) is 0 Å². The zero-order chi connectivity index (χ0) is 8.74. The molecule has 1 rings (SSSR count). The van der Waals surface area contributed by atoms with Crippen LogP contribution in [0.4, 0.5) is 0 Å². The molecule has 4 heteroatoms. The predicted molar refractivity (Wildman–Crippen MR) is 51.2 cm³/mol. The average Bonchev–Trinajstić information content (AvgIpc) is 2.10. The van der Waals surface area contributed by atoms with Crippen LogP contribution in [0.3, 0.4) is 0 Å². The summed E-state index contributed by atoms with van der Waals surface area (Å²) >= 11 is 0. The Morgan fingerprint density at radius 3 is 2.00 bits per heavy atom. The van der Waals surface area contributed by atoms with Gasteiger partial charge in [-0.05, 0) is 0 Å². The van der Waals surface area contributed by atoms with E-state index < -0.39 is 10.6 Å². The molecule has 1 fully saturated rings. The van der Waals surface area contributed by atoms with Crippen LogP contribution >= 0.6 is 10.6 Å². The molecule has 1 heterocycles. The van der Waals surface area contributed by atoms with Crippen LogP contribution in [-0.2, 0) is 4.18 Å². The Hall–Kier alpha value is 0.230. The van der Waals surface area contributed by atoms with Crippen molar-refractivity contribution in [1.29, 1.82) is 0 Å². The Kier molecular flexibility index (Phi) is 5.95. The SMILES string of the molecule is CC.COS1(O)CCNCC1. The first-order chi connectivity index (χ1) is 5.27. The van der Waals surface area contributed by atoms with Crippen LogP contribution < -0.4 is 5.32 Å². The zero-order valence-electron chi connectivity index (χ0n) is 7.59. The zero-order valence-corrected chi connectivity index (χ0v) is 8.41. The number of hydrogen-bond acceptors (Lipinski definition) is 3. The second-order valence-corrected chi connectivity index (χ2v) is 4.79. The van der Waals surface area contributed by atoms with Crippen LogP contribution in [0.2, 0.25) is 0 Å². The quantitative estimate of drug-likeness (QED) is 0.643. The minimum atomic E-state index is -1.64. The fourth-order valence-corrected chi connectivity index (χ4v) is 2.32. The predicted octanol–water partition coefficient (Wildman–Crippen LogP) is 1.45. The van der Waals surface area contributed by atoms with Crippen LogP contribution in [-0.4, -0.2) is 36.3 Å². The standard InChI is InChI=1S/C5H13NO2S.C2H6/c1-8-9(7)4-2-6-3-5-9;1-2/h6-7H,2-5H2,1H3;1-2H3. The Morgan fingerprint density at radius 2 is 1.73 bits per heavy atom. The highest BCUT2D eigenvalue weighted by atomic mass is 32.3. The Morgan fingerprint density at radius 1 is 1.27 bits per heavy atom. The summed E-state index contributed by atoms with van der Waals surface area (Å²) in [6.45, 7) is 5.78. The van der Waals surface area contributed by atoms with Gasteiger partial charge in [0.2, 0.25) is 0 Å². The Labute approximate surface area is 70.9 Å². The lowest BCUT2D eigenvalue weighted by Gasteiger charge is -2.39. The van der Waals surface area contributed by atoms with Crippen LogP contribution in [0.5, 0.6) is 0 Å². The molecule has 1 aliphatic rings. The van der Waals surface area contributed by atoms with Gasteiger partial charge in [-0.15, -0.1) is 0 Å². The van der Waals surface area contributed by atoms with E-state index in [1.54, 1.807) is 7.11 Å². The number of rotatable bonds is 1. The van der Waals surface area contributed by atoms with E-state index in [0.717, 1.165) is 24.6 Å². The van der Waals surface area contributed by atoms with Gasteiger partial charge in [-0.3, -0.25) is 8.74 Å². The lowest BCUT2D eigenvalue weighted by molar-refractivity contribution is 0.388. The molecule has 1 aliphatic heterocycles. The van der Waals surface area contributed by atoms with Gasteiger partial charge in [-0.25, -0.2) is 0 Å². The maximum absolute atomic E-state index is 9.50. The molecule has 0 spiro atoms. The highest BCUT2D eigenvalue weighted by Crippen LogP contribution is 2.43. The summed E-state index contributed by atoms with van der Waals surface area (Å²) in [5, 5.41) is 3.16. The van der Waals surface area contributed by atoms with Crippen LogP contribution in [0.15, 0.2) is 0 Å². The molecule has 0 aliphatic carbocycles. The number of nitrogens with one attached hydrogen (secondary N) is 1. The third kappa shape index (κ3) is 3.96. The van der Waals surface area contributed by atoms with Gasteiger partial charge in [0.25, 0.3) is 0 Å². The molecular formula is C7H19NO2S. The molecule has 0 radical (unpaired) electrons. The highest BCUT2D eigenvalue weighted by molar-refractivity contribution is 8.25. The summed E-state index contributed by atoms with van der Waals surface area (Å²) in [6, 6.07) is 0. The van der Waals surface area contributed by atoms with Crippen molar-refractivity contribution in [3.8, 4) is 0 Å². The molecule has 0 aromatic heterocycles. The average molecular weight is 181 g/mol. The summed E-state index contributed by atoms with van der Waals surface area (Å²) in [6.07, 6.45) is 0. The van der Waals surface area contributed by atoms with Gasteiger partial charge in [0, 0.05) is 13.1 Å². The summed E-state index contributed by atoms with van der Waals surface area (Å²) in [7, 11) is -0.0566. The van der Waals surface area contributed by atoms with Crippen molar-refractivity contribution in [2.75, 3.05) is 31.7 Å². The van der Waals surface area contributed by atoms with Crippen molar-refractivity contribution in [2.24, 2.45) is 0 Å². The van der Waals surface area contributed by atoms with Crippen LogP contribution in [0, 0.1) is 0 Å². The largest absolute Gasteiger partial charge is 0.314 e. The molecule has 0 amide bonds. The van der Waals surface area contributed by atoms with Gasteiger partial charge < -0.3 is 5.32 Å². The third-order valence-electron chi connectivity index (χ3n) is 1.51. The van der Waals surface area contributed by atoms with E-state index >= 15 is 0 Å². The van der Waals surface area contributed by atoms with Crippen molar-refractivity contribution >= 4 is 10.6 Å². The van der Waals surface area contributed by atoms with Crippen LogP contribution in [0.1, 0.15) is 13.8 Å². The van der Waals surface area contributed by atoms with Crippen molar-refractivity contribution in [3.05, 3.63) is 0 Å². The van der Waals surface area contributed by atoms with E-state index in [1.807, 2.05) is 13.8 Å². The number of hydrogen-bond donors (Lipinski definition) is 2. The molecule has 1 saturated heterocycles. The normalized spacial score (nSPS) is 24.7. The fourth-order valence-electron chi connectivity index (χ4n) is 0.857. The van der Waals surface area contributed by atoms with E-state index in [9.17, 15) is 4.55 Å². The summed E-state index contributed by atoms with van der Waals surface area (Å²) in [4.78, 5) is 0. The summed E-state index contributed by atoms with van der Waals surface area (Å²) in [5.74, 6) is 1.56.